The van der Waals surface area contributed by atoms with Crippen molar-refractivity contribution in [1.29, 1.82) is 0 Å². The van der Waals surface area contributed by atoms with Crippen LogP contribution < -0.4 is 4.74 Å². The highest BCUT2D eigenvalue weighted by Crippen LogP contribution is 2.51. The second kappa shape index (κ2) is 12.2. The highest BCUT2D eigenvalue weighted by atomic mass is 32.2. The van der Waals surface area contributed by atoms with E-state index >= 15 is 0 Å². The van der Waals surface area contributed by atoms with Crippen LogP contribution in [-0.2, 0) is 31.0 Å². The van der Waals surface area contributed by atoms with E-state index in [4.69, 9.17) is 4.74 Å². The van der Waals surface area contributed by atoms with Crippen molar-refractivity contribution in [2.24, 2.45) is 0 Å². The summed E-state index contributed by atoms with van der Waals surface area (Å²) in [5.41, 5.74) is 2.16. The van der Waals surface area contributed by atoms with Gasteiger partial charge in [0.2, 0.25) is 0 Å². The SMILES string of the molecule is CC(C)(Sc1cc(C(C)(C)C)c(O)c(C(C)(C)C)c1)Sc1cc(C(C)(C)C)c(OC(=O)CP(=O)(O)O)c(C(C)(C)C)c1. The number of hydrogen-bond acceptors (Lipinski definition) is 6. The van der Waals surface area contributed by atoms with Crippen LogP contribution in [0.25, 0.3) is 0 Å². The van der Waals surface area contributed by atoms with Gasteiger partial charge in [0.05, 0.1) is 4.08 Å². The Morgan fingerprint density at radius 3 is 1.26 bits per heavy atom. The smallest absolute Gasteiger partial charge is 0.336 e. The maximum atomic E-state index is 12.6. The van der Waals surface area contributed by atoms with Gasteiger partial charge >= 0.3 is 13.6 Å². The number of phenols is 1. The Balaban J connectivity index is 2.64. The zero-order chi connectivity index (χ0) is 32.9. The van der Waals surface area contributed by atoms with E-state index in [0.717, 1.165) is 32.0 Å². The van der Waals surface area contributed by atoms with Crippen LogP contribution in [0.15, 0.2) is 34.1 Å². The molecule has 0 aromatic heterocycles. The third kappa shape index (κ3) is 10.1. The first kappa shape index (κ1) is 36.8. The average Bonchev–Trinajstić information content (AvgIpc) is 2.70. The molecule has 0 unspecified atom stereocenters. The van der Waals surface area contributed by atoms with Crippen molar-refractivity contribution >= 4 is 37.1 Å². The van der Waals surface area contributed by atoms with Crippen molar-refractivity contribution in [2.45, 2.75) is 132 Å². The number of phenolic OH excluding ortho intramolecular Hbond substituents is 1. The van der Waals surface area contributed by atoms with E-state index in [0.29, 0.717) is 11.5 Å². The number of carbonyl (C=O) groups is 1. The van der Waals surface area contributed by atoms with Crippen LogP contribution in [0, 0.1) is 0 Å². The van der Waals surface area contributed by atoms with Gasteiger partial charge in [0, 0.05) is 32.0 Å². The van der Waals surface area contributed by atoms with Gasteiger partial charge in [0.1, 0.15) is 17.7 Å². The summed E-state index contributed by atoms with van der Waals surface area (Å²) < 4.78 is 16.9. The molecule has 0 aliphatic heterocycles. The van der Waals surface area contributed by atoms with Gasteiger partial charge < -0.3 is 19.6 Å². The standard InChI is InChI=1S/C33H51O6PS2/c1-29(2,3)22-15-20(16-23(27(22)35)30(4,5)6)41-33(13,14)42-21-17-24(31(7,8)9)28(25(18-21)32(10,11)12)39-26(34)19-40(36,37)38/h15-18,35H,19H2,1-14H3,(H2,36,37,38). The van der Waals surface area contributed by atoms with Gasteiger partial charge in [-0.05, 0) is 59.8 Å². The minimum absolute atomic E-state index is 0.228. The summed E-state index contributed by atoms with van der Waals surface area (Å²) in [7, 11) is -4.57. The average molecular weight is 639 g/mol. The Morgan fingerprint density at radius 1 is 0.667 bits per heavy atom. The van der Waals surface area contributed by atoms with Gasteiger partial charge in [-0.25, -0.2) is 0 Å². The summed E-state index contributed by atoms with van der Waals surface area (Å²) in [5, 5.41) is 11.2. The zero-order valence-corrected chi connectivity index (χ0v) is 30.4. The summed E-state index contributed by atoms with van der Waals surface area (Å²) in [6, 6.07) is 8.26. The van der Waals surface area contributed by atoms with Crippen molar-refractivity contribution in [3.05, 3.63) is 46.5 Å². The lowest BCUT2D eigenvalue weighted by molar-refractivity contribution is -0.131. The molecule has 0 heterocycles. The quantitative estimate of drug-likeness (QED) is 0.0906. The van der Waals surface area contributed by atoms with Gasteiger partial charge in [-0.3, -0.25) is 9.36 Å². The van der Waals surface area contributed by atoms with Crippen LogP contribution in [0.1, 0.15) is 119 Å². The van der Waals surface area contributed by atoms with Gasteiger partial charge in [-0.1, -0.05) is 83.1 Å². The molecule has 0 saturated carbocycles. The molecule has 6 nitrogen and oxygen atoms in total. The predicted octanol–water partition coefficient (Wildman–Crippen LogP) is 9.29. The van der Waals surface area contributed by atoms with E-state index in [9.17, 15) is 24.3 Å². The lowest BCUT2D eigenvalue weighted by atomic mass is 9.79. The minimum Gasteiger partial charge on any atom is -0.507 e. The monoisotopic (exact) mass is 638 g/mol. The van der Waals surface area contributed by atoms with E-state index in [1.54, 1.807) is 23.5 Å². The van der Waals surface area contributed by atoms with Gasteiger partial charge in [-0.2, -0.15) is 0 Å². The minimum atomic E-state index is -4.57. The van der Waals surface area contributed by atoms with Crippen LogP contribution in [0.5, 0.6) is 11.5 Å². The molecule has 9 heteroatoms. The first-order chi connectivity index (χ1) is 18.5. The second-order valence-electron chi connectivity index (χ2n) is 15.6. The number of esters is 1. The third-order valence-electron chi connectivity index (χ3n) is 6.66. The molecule has 0 bridgehead atoms. The molecule has 0 spiro atoms. The molecule has 42 heavy (non-hydrogen) atoms. The molecule has 3 N–H and O–H groups in total. The van der Waals surface area contributed by atoms with Crippen molar-refractivity contribution < 1.29 is 29.0 Å². The normalized spacial score (nSPS) is 13.8. The fraction of sp³-hybridized carbons (Fsp3) is 0.606. The van der Waals surface area contributed by atoms with Crippen LogP contribution in [-0.4, -0.2) is 31.1 Å². The van der Waals surface area contributed by atoms with Crippen LogP contribution in [0.4, 0.5) is 0 Å². The summed E-state index contributed by atoms with van der Waals surface area (Å²) in [6.45, 7) is 29.2. The topological polar surface area (TPSA) is 104 Å². The second-order valence-corrected chi connectivity index (χ2v) is 20.9. The summed E-state index contributed by atoms with van der Waals surface area (Å²) in [4.78, 5) is 33.4. The Bertz CT molecular complexity index is 1290. The number of rotatable bonds is 7. The fourth-order valence-electron chi connectivity index (χ4n) is 4.60. The van der Waals surface area contributed by atoms with Crippen LogP contribution >= 0.6 is 31.1 Å². The zero-order valence-electron chi connectivity index (χ0n) is 27.8. The van der Waals surface area contributed by atoms with Gasteiger partial charge in [0.25, 0.3) is 0 Å². The third-order valence-corrected chi connectivity index (χ3v) is 9.75. The molecule has 0 aliphatic carbocycles. The molecule has 0 atom stereocenters. The molecule has 2 rings (SSSR count). The van der Waals surface area contributed by atoms with E-state index in [2.05, 4.69) is 67.5 Å². The van der Waals surface area contributed by atoms with E-state index in [1.165, 1.54) is 0 Å². The van der Waals surface area contributed by atoms with E-state index in [-0.39, 0.29) is 14.9 Å². The molecule has 0 radical (unpaired) electrons. The molecule has 2 aromatic carbocycles. The Labute approximate surface area is 262 Å². The first-order valence-corrected chi connectivity index (χ1v) is 17.6. The number of hydrogen-bond donors (Lipinski definition) is 3. The van der Waals surface area contributed by atoms with Crippen molar-refractivity contribution in [3.8, 4) is 11.5 Å². The molecule has 0 aliphatic rings. The maximum Gasteiger partial charge on any atom is 0.336 e. The van der Waals surface area contributed by atoms with E-state index < -0.39 is 30.6 Å². The number of ether oxygens (including phenoxy) is 1. The molecule has 0 fully saturated rings. The molecular formula is C33H51O6PS2. The largest absolute Gasteiger partial charge is 0.507 e. The lowest BCUT2D eigenvalue weighted by Gasteiger charge is -2.32. The van der Waals surface area contributed by atoms with Crippen LogP contribution in [0.3, 0.4) is 0 Å². The molecule has 0 amide bonds. The predicted molar refractivity (Wildman–Crippen MR) is 178 cm³/mol. The Hall–Kier alpha value is -1.44. The summed E-state index contributed by atoms with van der Waals surface area (Å²) >= 11 is 3.44. The summed E-state index contributed by atoms with van der Waals surface area (Å²) in [6.07, 6.45) is -0.972. The Morgan fingerprint density at radius 2 is 0.976 bits per heavy atom. The number of benzene rings is 2. The van der Waals surface area contributed by atoms with Gasteiger partial charge in [0.15, 0.2) is 0 Å². The molecule has 2 aromatic rings. The number of carbonyl (C=O) groups excluding carboxylic acids is 1. The van der Waals surface area contributed by atoms with Crippen molar-refractivity contribution in [1.82, 2.24) is 0 Å². The van der Waals surface area contributed by atoms with Crippen molar-refractivity contribution in [3.63, 3.8) is 0 Å². The van der Waals surface area contributed by atoms with Gasteiger partial charge in [-0.15, -0.1) is 23.5 Å². The first-order valence-electron chi connectivity index (χ1n) is 14.2. The Kier molecular flexibility index (Phi) is 10.6. The molecule has 236 valence electrons. The number of aromatic hydroxyl groups is 1. The van der Waals surface area contributed by atoms with Crippen LogP contribution in [0.2, 0.25) is 0 Å². The van der Waals surface area contributed by atoms with Crippen molar-refractivity contribution in [2.75, 3.05) is 6.16 Å². The maximum absolute atomic E-state index is 12.6. The highest BCUT2D eigenvalue weighted by molar-refractivity contribution is 8.18. The summed E-state index contributed by atoms with van der Waals surface area (Å²) in [5.74, 6) is -0.225. The molecular weight excluding hydrogens is 587 g/mol. The van der Waals surface area contributed by atoms with E-state index in [1.807, 2.05) is 53.7 Å². The lowest BCUT2D eigenvalue weighted by Crippen LogP contribution is -2.23. The highest BCUT2D eigenvalue weighted by Gasteiger charge is 2.33. The molecule has 0 saturated heterocycles. The number of thioether (sulfide) groups is 2. The fourth-order valence-corrected chi connectivity index (χ4v) is 7.59.